The third-order valence-electron chi connectivity index (χ3n) is 0.801. The highest BCUT2D eigenvalue weighted by Gasteiger charge is 1.91. The van der Waals surface area contributed by atoms with Gasteiger partial charge >= 0.3 is 0 Å². The van der Waals surface area contributed by atoms with Gasteiger partial charge in [-0.3, -0.25) is 0 Å². The van der Waals surface area contributed by atoms with Gasteiger partial charge < -0.3 is 17.0 Å². The lowest BCUT2D eigenvalue weighted by molar-refractivity contribution is -0.679. The minimum absolute atomic E-state index is 0. The molecule has 0 amide bonds. The first kappa shape index (κ1) is 8.67. The summed E-state index contributed by atoms with van der Waals surface area (Å²) in [4.78, 5) is 0. The third kappa shape index (κ3) is 2.64. The Kier molecular flexibility index (Phi) is 4.37. The lowest BCUT2D eigenvalue weighted by Crippen LogP contribution is -3.00. The fraction of sp³-hybridized carbons (Fsp3) is 0.167. The minimum atomic E-state index is 0. The fourth-order valence-electron chi connectivity index (χ4n) is 0.457. The number of terminal acetylenes is 1. The van der Waals surface area contributed by atoms with Crippen LogP contribution in [0.15, 0.2) is 17.1 Å². The number of rotatable bonds is 1. The molecule has 0 unspecified atom stereocenters. The molecule has 0 fully saturated rings. The largest absolute Gasteiger partial charge is 1.00 e. The number of thiazole rings is 1. The molecule has 1 heterocycles. The summed E-state index contributed by atoms with van der Waals surface area (Å²) in [6.45, 7) is 0.684. The Balaban J connectivity index is 0.000000640. The van der Waals surface area contributed by atoms with E-state index in [-0.39, 0.29) is 17.0 Å². The zero-order valence-corrected chi connectivity index (χ0v) is 7.15. The number of hydrogen-bond donors (Lipinski definition) is 0. The maximum absolute atomic E-state index is 5.05. The SMILES string of the molecule is C#CC[n+]1ccsc1.[Br-]. The van der Waals surface area contributed by atoms with E-state index in [1.54, 1.807) is 11.3 Å². The summed E-state index contributed by atoms with van der Waals surface area (Å²) in [6, 6.07) is 0. The predicted molar refractivity (Wildman–Crippen MR) is 33.3 cm³/mol. The summed E-state index contributed by atoms with van der Waals surface area (Å²) in [6.07, 6.45) is 7.02. The normalized spacial score (nSPS) is 7.44. The summed E-state index contributed by atoms with van der Waals surface area (Å²) in [5.41, 5.74) is 1.99. The first-order chi connectivity index (χ1) is 3.93. The molecule has 0 saturated carbocycles. The molecule has 0 aliphatic heterocycles. The van der Waals surface area contributed by atoms with Gasteiger partial charge in [0.15, 0.2) is 6.20 Å². The molecular weight excluding hydrogens is 198 g/mol. The van der Waals surface area contributed by atoms with Crippen molar-refractivity contribution in [3.05, 3.63) is 17.1 Å². The van der Waals surface area contributed by atoms with Crippen molar-refractivity contribution in [2.24, 2.45) is 0 Å². The lowest BCUT2D eigenvalue weighted by Gasteiger charge is -1.75. The van der Waals surface area contributed by atoms with Crippen LogP contribution in [0.3, 0.4) is 0 Å². The Morgan fingerprint density at radius 2 is 2.44 bits per heavy atom. The van der Waals surface area contributed by atoms with Crippen LogP contribution >= 0.6 is 11.3 Å². The Bertz CT molecular complexity index is 187. The van der Waals surface area contributed by atoms with Gasteiger partial charge in [0.2, 0.25) is 12.1 Å². The summed E-state index contributed by atoms with van der Waals surface area (Å²) in [7, 11) is 0. The van der Waals surface area contributed by atoms with E-state index in [0.29, 0.717) is 6.54 Å². The molecule has 9 heavy (non-hydrogen) atoms. The highest BCUT2D eigenvalue weighted by molar-refractivity contribution is 7.07. The first-order valence-electron chi connectivity index (χ1n) is 2.28. The number of aromatic nitrogens is 1. The average Bonchev–Trinajstić information content (AvgIpc) is 2.19. The van der Waals surface area contributed by atoms with Crippen LogP contribution in [0.1, 0.15) is 0 Å². The van der Waals surface area contributed by atoms with Gasteiger partial charge in [-0.15, -0.1) is 6.42 Å². The predicted octanol–water partition coefficient (Wildman–Crippen LogP) is -2.33. The van der Waals surface area contributed by atoms with Crippen LogP contribution in [0.4, 0.5) is 0 Å². The van der Waals surface area contributed by atoms with Crippen LogP contribution < -0.4 is 21.5 Å². The number of halogens is 1. The molecule has 1 aromatic heterocycles. The zero-order chi connectivity index (χ0) is 5.82. The molecule has 0 N–H and O–H groups in total. The summed E-state index contributed by atoms with van der Waals surface area (Å²) >= 11 is 1.65. The maximum atomic E-state index is 5.05. The Hall–Kier alpha value is -0.330. The molecule has 0 spiro atoms. The second-order valence-electron chi connectivity index (χ2n) is 1.40. The summed E-state index contributed by atoms with van der Waals surface area (Å²) in [5.74, 6) is 2.54. The van der Waals surface area contributed by atoms with Crippen molar-refractivity contribution in [2.45, 2.75) is 6.54 Å². The maximum Gasteiger partial charge on any atom is 0.225 e. The fourth-order valence-corrected chi connectivity index (χ4v) is 1.06. The van der Waals surface area contributed by atoms with E-state index in [9.17, 15) is 0 Å². The molecule has 0 bridgehead atoms. The molecule has 0 radical (unpaired) electrons. The highest BCUT2D eigenvalue weighted by atomic mass is 79.9. The van der Waals surface area contributed by atoms with E-state index in [2.05, 4.69) is 5.92 Å². The second kappa shape index (κ2) is 4.54. The summed E-state index contributed by atoms with van der Waals surface area (Å²) < 4.78 is 1.96. The molecule has 3 heteroatoms. The van der Waals surface area contributed by atoms with Crippen molar-refractivity contribution in [3.8, 4) is 12.3 Å². The Morgan fingerprint density at radius 1 is 1.67 bits per heavy atom. The van der Waals surface area contributed by atoms with Crippen molar-refractivity contribution in [1.82, 2.24) is 0 Å². The standard InChI is InChI=1S/C6H6NS.BrH/c1-2-3-7-4-5-8-6-7;/h1,4-6H,3H2;1H/q+1;/p-1. The molecule has 0 atom stereocenters. The van der Waals surface area contributed by atoms with Gasteiger partial charge in [-0.2, -0.15) is 4.57 Å². The second-order valence-corrected chi connectivity index (χ2v) is 2.16. The van der Waals surface area contributed by atoms with E-state index in [4.69, 9.17) is 6.42 Å². The van der Waals surface area contributed by atoms with Crippen molar-refractivity contribution in [2.75, 3.05) is 0 Å². The minimum Gasteiger partial charge on any atom is -1.00 e. The molecule has 1 aromatic rings. The van der Waals surface area contributed by atoms with Crippen LogP contribution in [0.2, 0.25) is 0 Å². The van der Waals surface area contributed by atoms with Gasteiger partial charge in [-0.25, -0.2) is 0 Å². The summed E-state index contributed by atoms with van der Waals surface area (Å²) in [5, 5.41) is 2.00. The Morgan fingerprint density at radius 3 is 2.89 bits per heavy atom. The molecule has 0 aliphatic rings. The molecule has 0 aliphatic carbocycles. The van der Waals surface area contributed by atoms with E-state index >= 15 is 0 Å². The average molecular weight is 204 g/mol. The molecule has 1 rings (SSSR count). The van der Waals surface area contributed by atoms with Crippen LogP contribution in [-0.2, 0) is 6.54 Å². The molecular formula is C6H6BrNS. The van der Waals surface area contributed by atoms with Crippen LogP contribution in [0, 0.1) is 12.3 Å². The van der Waals surface area contributed by atoms with E-state index in [0.717, 1.165) is 0 Å². The molecule has 48 valence electrons. The van der Waals surface area contributed by atoms with E-state index in [1.165, 1.54) is 0 Å². The lowest BCUT2D eigenvalue weighted by atomic mass is 10.6. The van der Waals surface area contributed by atoms with Gasteiger partial charge in [0.05, 0.1) is 5.38 Å². The van der Waals surface area contributed by atoms with Gasteiger partial charge in [-0.05, 0) is 5.92 Å². The van der Waals surface area contributed by atoms with E-state index in [1.807, 2.05) is 21.7 Å². The van der Waals surface area contributed by atoms with Crippen molar-refractivity contribution < 1.29 is 21.5 Å². The van der Waals surface area contributed by atoms with Crippen LogP contribution in [0.5, 0.6) is 0 Å². The first-order valence-corrected chi connectivity index (χ1v) is 3.22. The zero-order valence-electron chi connectivity index (χ0n) is 4.75. The van der Waals surface area contributed by atoms with Crippen molar-refractivity contribution in [3.63, 3.8) is 0 Å². The highest BCUT2D eigenvalue weighted by Crippen LogP contribution is 1.85. The van der Waals surface area contributed by atoms with E-state index < -0.39 is 0 Å². The van der Waals surface area contributed by atoms with Crippen molar-refractivity contribution >= 4 is 11.3 Å². The van der Waals surface area contributed by atoms with Gasteiger partial charge in [0.1, 0.15) is 0 Å². The topological polar surface area (TPSA) is 3.88 Å². The van der Waals surface area contributed by atoms with Crippen LogP contribution in [-0.4, -0.2) is 0 Å². The van der Waals surface area contributed by atoms with Gasteiger partial charge in [-0.1, -0.05) is 11.3 Å². The van der Waals surface area contributed by atoms with Crippen molar-refractivity contribution in [1.29, 1.82) is 0 Å². The Labute approximate surface area is 69.1 Å². The molecule has 1 nitrogen and oxygen atoms in total. The van der Waals surface area contributed by atoms with Crippen LogP contribution in [0.25, 0.3) is 0 Å². The number of nitrogens with zero attached hydrogens (tertiary/aromatic N) is 1. The molecule has 0 saturated heterocycles. The van der Waals surface area contributed by atoms with Gasteiger partial charge in [0, 0.05) is 0 Å². The van der Waals surface area contributed by atoms with Gasteiger partial charge in [0.25, 0.3) is 0 Å². The monoisotopic (exact) mass is 203 g/mol. The number of hydrogen-bond acceptors (Lipinski definition) is 1. The smallest absolute Gasteiger partial charge is 0.225 e. The quantitative estimate of drug-likeness (QED) is 0.357. The molecule has 0 aromatic carbocycles. The third-order valence-corrected chi connectivity index (χ3v) is 1.47.